The predicted octanol–water partition coefficient (Wildman–Crippen LogP) is 3.20. The molecule has 2 heterocycles. The minimum atomic E-state index is 0.110. The number of rotatable bonds is 3. The van der Waals surface area contributed by atoms with Crippen molar-refractivity contribution < 1.29 is 0 Å². The normalized spacial score (nSPS) is 12.8. The van der Waals surface area contributed by atoms with E-state index in [2.05, 4.69) is 47.9 Å². The van der Waals surface area contributed by atoms with E-state index < -0.39 is 0 Å². The van der Waals surface area contributed by atoms with Crippen molar-refractivity contribution in [2.24, 2.45) is 5.73 Å². The van der Waals surface area contributed by atoms with Gasteiger partial charge in [0.15, 0.2) is 0 Å². The molecule has 0 saturated heterocycles. The summed E-state index contributed by atoms with van der Waals surface area (Å²) in [4.78, 5) is 4.84. The molecule has 0 aliphatic carbocycles. The Labute approximate surface area is 119 Å². The van der Waals surface area contributed by atoms with Crippen molar-refractivity contribution in [2.45, 2.75) is 26.3 Å². The van der Waals surface area contributed by atoms with Crippen LogP contribution in [0.15, 0.2) is 48.7 Å². The molecule has 0 saturated carbocycles. The van der Waals surface area contributed by atoms with Gasteiger partial charge in [0.2, 0.25) is 0 Å². The number of aryl methyl sites for hydroxylation is 1. The summed E-state index contributed by atoms with van der Waals surface area (Å²) in [6.07, 6.45) is 2.86. The summed E-state index contributed by atoms with van der Waals surface area (Å²) in [5.74, 6) is 0.995. The number of imidazole rings is 1. The van der Waals surface area contributed by atoms with Crippen molar-refractivity contribution in [2.75, 3.05) is 0 Å². The van der Waals surface area contributed by atoms with Crippen LogP contribution in [0.3, 0.4) is 0 Å². The van der Waals surface area contributed by atoms with Crippen LogP contribution < -0.4 is 5.73 Å². The van der Waals surface area contributed by atoms with Gasteiger partial charge >= 0.3 is 0 Å². The van der Waals surface area contributed by atoms with E-state index in [9.17, 15) is 0 Å². The molecule has 0 aliphatic rings. The lowest BCUT2D eigenvalue weighted by atomic mass is 10.1. The lowest BCUT2D eigenvalue weighted by Crippen LogP contribution is -2.18. The van der Waals surface area contributed by atoms with Gasteiger partial charge in [-0.25, -0.2) is 4.98 Å². The SMILES string of the molecule is Cc1ccccc1-c1nc(CC(C)N)c2ccccn12. The van der Waals surface area contributed by atoms with Gasteiger partial charge in [0, 0.05) is 24.2 Å². The third-order valence-corrected chi connectivity index (χ3v) is 3.53. The molecule has 0 fully saturated rings. The zero-order valence-electron chi connectivity index (χ0n) is 11.9. The second kappa shape index (κ2) is 5.10. The van der Waals surface area contributed by atoms with Gasteiger partial charge in [-0.2, -0.15) is 0 Å². The van der Waals surface area contributed by atoms with E-state index in [0.717, 1.165) is 23.5 Å². The summed E-state index contributed by atoms with van der Waals surface area (Å²) in [6.45, 7) is 4.13. The number of hydrogen-bond acceptors (Lipinski definition) is 2. The molecular formula is C17H19N3. The van der Waals surface area contributed by atoms with E-state index in [-0.39, 0.29) is 6.04 Å². The van der Waals surface area contributed by atoms with Crippen LogP contribution in [0.25, 0.3) is 16.9 Å². The Kier molecular flexibility index (Phi) is 3.28. The summed E-state index contributed by atoms with van der Waals surface area (Å²) in [5, 5.41) is 0. The number of pyridine rings is 1. The first kappa shape index (κ1) is 12.9. The zero-order chi connectivity index (χ0) is 14.1. The van der Waals surface area contributed by atoms with Crippen molar-refractivity contribution in [1.29, 1.82) is 0 Å². The molecule has 0 bridgehead atoms. The quantitative estimate of drug-likeness (QED) is 0.790. The molecule has 1 aromatic carbocycles. The van der Waals surface area contributed by atoms with Gasteiger partial charge in [-0.3, -0.25) is 4.40 Å². The van der Waals surface area contributed by atoms with Crippen molar-refractivity contribution >= 4 is 5.52 Å². The molecule has 3 rings (SSSR count). The minimum Gasteiger partial charge on any atom is -0.328 e. The van der Waals surface area contributed by atoms with E-state index in [0.29, 0.717) is 0 Å². The summed E-state index contributed by atoms with van der Waals surface area (Å²) in [6, 6.07) is 14.6. The number of benzene rings is 1. The third-order valence-electron chi connectivity index (χ3n) is 3.53. The molecule has 0 aliphatic heterocycles. The maximum absolute atomic E-state index is 5.94. The lowest BCUT2D eigenvalue weighted by molar-refractivity contribution is 0.729. The van der Waals surface area contributed by atoms with Crippen LogP contribution >= 0.6 is 0 Å². The van der Waals surface area contributed by atoms with E-state index in [1.165, 1.54) is 11.1 Å². The van der Waals surface area contributed by atoms with Gasteiger partial charge in [-0.1, -0.05) is 30.3 Å². The maximum atomic E-state index is 5.94. The fraction of sp³-hybridized carbons (Fsp3) is 0.235. The Morgan fingerprint density at radius 1 is 1.15 bits per heavy atom. The Bertz CT molecular complexity index is 741. The molecular weight excluding hydrogens is 246 g/mol. The number of hydrogen-bond donors (Lipinski definition) is 1. The van der Waals surface area contributed by atoms with Crippen LogP contribution in [0, 0.1) is 6.92 Å². The van der Waals surface area contributed by atoms with Crippen LogP contribution in [0.1, 0.15) is 18.2 Å². The van der Waals surface area contributed by atoms with Crippen molar-refractivity contribution in [1.82, 2.24) is 9.38 Å². The molecule has 0 amide bonds. The van der Waals surface area contributed by atoms with E-state index >= 15 is 0 Å². The highest BCUT2D eigenvalue weighted by molar-refractivity contribution is 5.67. The number of aromatic nitrogens is 2. The van der Waals surface area contributed by atoms with Crippen molar-refractivity contribution in [3.05, 3.63) is 59.9 Å². The first-order chi connectivity index (χ1) is 9.66. The van der Waals surface area contributed by atoms with E-state index in [4.69, 9.17) is 10.7 Å². The minimum absolute atomic E-state index is 0.110. The van der Waals surface area contributed by atoms with Crippen LogP contribution in [0.5, 0.6) is 0 Å². The molecule has 102 valence electrons. The highest BCUT2D eigenvalue weighted by Gasteiger charge is 2.14. The number of nitrogens with two attached hydrogens (primary N) is 1. The van der Waals surface area contributed by atoms with Gasteiger partial charge in [0.05, 0.1) is 11.2 Å². The molecule has 2 aromatic heterocycles. The molecule has 1 unspecified atom stereocenters. The Balaban J connectivity index is 2.24. The van der Waals surface area contributed by atoms with Gasteiger partial charge in [-0.15, -0.1) is 0 Å². The van der Waals surface area contributed by atoms with Gasteiger partial charge in [0.25, 0.3) is 0 Å². The third kappa shape index (κ3) is 2.21. The first-order valence-corrected chi connectivity index (χ1v) is 6.94. The fourth-order valence-corrected chi connectivity index (χ4v) is 2.57. The molecule has 3 nitrogen and oxygen atoms in total. The predicted molar refractivity (Wildman–Crippen MR) is 82.7 cm³/mol. The summed E-state index contributed by atoms with van der Waals surface area (Å²) in [5.41, 5.74) is 10.6. The van der Waals surface area contributed by atoms with Crippen molar-refractivity contribution in [3.8, 4) is 11.4 Å². The molecule has 3 heteroatoms. The monoisotopic (exact) mass is 265 g/mol. The van der Waals surface area contributed by atoms with Gasteiger partial charge in [-0.05, 0) is 31.5 Å². The van der Waals surface area contributed by atoms with Crippen LogP contribution in [-0.2, 0) is 6.42 Å². The first-order valence-electron chi connectivity index (χ1n) is 6.94. The highest BCUT2D eigenvalue weighted by atomic mass is 15.0. The second-order valence-corrected chi connectivity index (χ2v) is 5.33. The smallest absolute Gasteiger partial charge is 0.145 e. The van der Waals surface area contributed by atoms with Crippen LogP contribution in [0.4, 0.5) is 0 Å². The van der Waals surface area contributed by atoms with Crippen LogP contribution in [-0.4, -0.2) is 15.4 Å². The summed E-state index contributed by atoms with van der Waals surface area (Å²) < 4.78 is 2.15. The van der Waals surface area contributed by atoms with Gasteiger partial charge in [0.1, 0.15) is 5.82 Å². The Morgan fingerprint density at radius 2 is 1.90 bits per heavy atom. The average Bonchev–Trinajstić information content (AvgIpc) is 2.78. The van der Waals surface area contributed by atoms with Crippen molar-refractivity contribution in [3.63, 3.8) is 0 Å². The second-order valence-electron chi connectivity index (χ2n) is 5.33. The molecule has 1 atom stereocenters. The lowest BCUT2D eigenvalue weighted by Gasteiger charge is -2.04. The molecule has 20 heavy (non-hydrogen) atoms. The molecule has 2 N–H and O–H groups in total. The standard InChI is InChI=1S/C17H19N3/c1-12-7-3-4-8-14(12)17-19-15(11-13(2)18)16-9-5-6-10-20(16)17/h3-10,13H,11,18H2,1-2H3. The Morgan fingerprint density at radius 3 is 2.65 bits per heavy atom. The maximum Gasteiger partial charge on any atom is 0.145 e. The number of nitrogens with zero attached hydrogens (tertiary/aromatic N) is 2. The fourth-order valence-electron chi connectivity index (χ4n) is 2.57. The Hall–Kier alpha value is -2.13. The van der Waals surface area contributed by atoms with E-state index in [1.807, 2.05) is 19.1 Å². The largest absolute Gasteiger partial charge is 0.328 e. The van der Waals surface area contributed by atoms with Crippen LogP contribution in [0.2, 0.25) is 0 Å². The topological polar surface area (TPSA) is 43.3 Å². The molecule has 0 spiro atoms. The molecule has 3 aromatic rings. The zero-order valence-corrected chi connectivity index (χ0v) is 11.9. The molecule has 0 radical (unpaired) electrons. The average molecular weight is 265 g/mol. The van der Waals surface area contributed by atoms with E-state index in [1.54, 1.807) is 0 Å². The number of fused-ring (bicyclic) bond motifs is 1. The van der Waals surface area contributed by atoms with Gasteiger partial charge < -0.3 is 5.73 Å². The highest BCUT2D eigenvalue weighted by Crippen LogP contribution is 2.25. The summed E-state index contributed by atoms with van der Waals surface area (Å²) in [7, 11) is 0. The summed E-state index contributed by atoms with van der Waals surface area (Å²) >= 11 is 0.